The average Bonchev–Trinajstić information content (AvgIpc) is 2.62. The van der Waals surface area contributed by atoms with Gasteiger partial charge in [0.1, 0.15) is 0 Å². The fourth-order valence-electron chi connectivity index (χ4n) is 2.08. The van der Waals surface area contributed by atoms with Gasteiger partial charge in [0.15, 0.2) is 0 Å². The molecule has 2 amide bonds. The van der Waals surface area contributed by atoms with Gasteiger partial charge in [-0.15, -0.1) is 0 Å². The Kier molecular flexibility index (Phi) is 5.26. The smallest absolute Gasteiger partial charge is 0.246 e. The summed E-state index contributed by atoms with van der Waals surface area (Å²) in [6.45, 7) is 3.23. The summed E-state index contributed by atoms with van der Waals surface area (Å²) in [4.78, 5) is 25.4. The summed E-state index contributed by atoms with van der Waals surface area (Å²) in [5.41, 5.74) is 0.801. The van der Waals surface area contributed by atoms with Crippen molar-refractivity contribution >= 4 is 41.1 Å². The normalized spacial score (nSPS) is 19.5. The van der Waals surface area contributed by atoms with E-state index in [1.165, 1.54) is 6.08 Å². The number of hydrogen-bond donors (Lipinski definition) is 1. The number of carbonyl (C=O) groups excluding carboxylic acids is 2. The predicted molar refractivity (Wildman–Crippen MR) is 84.2 cm³/mol. The minimum atomic E-state index is -0.199. The molecule has 2 rings (SSSR count). The van der Waals surface area contributed by atoms with Crippen LogP contribution >= 0.6 is 23.2 Å². The molecule has 1 unspecified atom stereocenters. The number of rotatable bonds is 2. The van der Waals surface area contributed by atoms with Gasteiger partial charge < -0.3 is 10.2 Å². The molecule has 0 aliphatic carbocycles. The molecular weight excluding hydrogens is 311 g/mol. The van der Waals surface area contributed by atoms with Crippen molar-refractivity contribution in [2.24, 2.45) is 5.92 Å². The number of carbonyl (C=O) groups is 2. The molecular formula is C15H16Cl2N2O2. The largest absolute Gasteiger partial charge is 0.354 e. The van der Waals surface area contributed by atoms with Crippen LogP contribution in [0.15, 0.2) is 24.3 Å². The van der Waals surface area contributed by atoms with Gasteiger partial charge in [-0.2, -0.15) is 0 Å². The first-order chi connectivity index (χ1) is 9.97. The molecule has 1 heterocycles. The molecule has 1 aromatic carbocycles. The Morgan fingerprint density at radius 2 is 2.14 bits per heavy atom. The first kappa shape index (κ1) is 15.9. The van der Waals surface area contributed by atoms with E-state index in [-0.39, 0.29) is 17.7 Å². The lowest BCUT2D eigenvalue weighted by Gasteiger charge is -2.19. The second-order valence-corrected chi connectivity index (χ2v) is 5.80. The van der Waals surface area contributed by atoms with Crippen molar-refractivity contribution in [3.63, 3.8) is 0 Å². The molecule has 0 saturated carbocycles. The van der Waals surface area contributed by atoms with Gasteiger partial charge in [0.05, 0.1) is 16.0 Å². The summed E-state index contributed by atoms with van der Waals surface area (Å²) in [6, 6.07) is 5.17. The van der Waals surface area contributed by atoms with Gasteiger partial charge in [-0.25, -0.2) is 0 Å². The molecule has 1 aliphatic rings. The highest BCUT2D eigenvalue weighted by Crippen LogP contribution is 2.23. The molecule has 1 saturated heterocycles. The molecule has 1 atom stereocenters. The van der Waals surface area contributed by atoms with Gasteiger partial charge in [0, 0.05) is 25.7 Å². The van der Waals surface area contributed by atoms with Crippen molar-refractivity contribution in [1.82, 2.24) is 10.2 Å². The molecule has 0 aromatic heterocycles. The maximum Gasteiger partial charge on any atom is 0.246 e. The zero-order valence-corrected chi connectivity index (χ0v) is 13.1. The zero-order chi connectivity index (χ0) is 15.4. The van der Waals surface area contributed by atoms with Crippen LogP contribution in [-0.2, 0) is 9.59 Å². The van der Waals surface area contributed by atoms with Crippen molar-refractivity contribution in [1.29, 1.82) is 0 Å². The molecule has 0 radical (unpaired) electrons. The molecule has 1 aliphatic heterocycles. The SMILES string of the molecule is CC1CN(C(=O)C=Cc2ccc(Cl)c(Cl)c2)CCNC1=O. The Morgan fingerprint density at radius 3 is 2.86 bits per heavy atom. The van der Waals surface area contributed by atoms with E-state index in [0.717, 1.165) is 5.56 Å². The second-order valence-electron chi connectivity index (χ2n) is 4.98. The summed E-state index contributed by atoms with van der Waals surface area (Å²) in [6.07, 6.45) is 3.18. The van der Waals surface area contributed by atoms with E-state index >= 15 is 0 Å². The van der Waals surface area contributed by atoms with Crippen molar-refractivity contribution in [2.75, 3.05) is 19.6 Å². The zero-order valence-electron chi connectivity index (χ0n) is 11.6. The van der Waals surface area contributed by atoms with Crippen LogP contribution < -0.4 is 5.32 Å². The molecule has 112 valence electrons. The van der Waals surface area contributed by atoms with Crippen molar-refractivity contribution < 1.29 is 9.59 Å². The molecule has 6 heteroatoms. The lowest BCUT2D eigenvalue weighted by molar-refractivity contribution is -0.127. The number of halogens is 2. The van der Waals surface area contributed by atoms with Crippen LogP contribution in [0.4, 0.5) is 0 Å². The van der Waals surface area contributed by atoms with Crippen LogP contribution in [0, 0.1) is 5.92 Å². The molecule has 4 nitrogen and oxygen atoms in total. The fraction of sp³-hybridized carbons (Fsp3) is 0.333. The first-order valence-corrected chi connectivity index (χ1v) is 7.42. The van der Waals surface area contributed by atoms with E-state index in [1.807, 2.05) is 6.92 Å². The van der Waals surface area contributed by atoms with Gasteiger partial charge >= 0.3 is 0 Å². The monoisotopic (exact) mass is 326 g/mol. The lowest BCUT2D eigenvalue weighted by Crippen LogP contribution is -2.34. The summed E-state index contributed by atoms with van der Waals surface area (Å²) >= 11 is 11.8. The highest BCUT2D eigenvalue weighted by atomic mass is 35.5. The minimum Gasteiger partial charge on any atom is -0.354 e. The molecule has 1 N–H and O–H groups in total. The molecule has 0 spiro atoms. The van der Waals surface area contributed by atoms with E-state index in [1.54, 1.807) is 29.2 Å². The number of amides is 2. The Hall–Kier alpha value is -1.52. The van der Waals surface area contributed by atoms with Gasteiger partial charge in [-0.3, -0.25) is 9.59 Å². The maximum absolute atomic E-state index is 12.2. The highest BCUT2D eigenvalue weighted by Gasteiger charge is 2.22. The van der Waals surface area contributed by atoms with E-state index in [0.29, 0.717) is 29.7 Å². The lowest BCUT2D eigenvalue weighted by atomic mass is 10.1. The van der Waals surface area contributed by atoms with Gasteiger partial charge in [-0.1, -0.05) is 36.2 Å². The summed E-state index contributed by atoms with van der Waals surface area (Å²) in [7, 11) is 0. The number of benzene rings is 1. The van der Waals surface area contributed by atoms with Gasteiger partial charge in [-0.05, 0) is 23.8 Å². The number of hydrogen-bond acceptors (Lipinski definition) is 2. The Bertz CT molecular complexity index is 587. The molecule has 1 aromatic rings. The fourth-order valence-corrected chi connectivity index (χ4v) is 2.39. The van der Waals surface area contributed by atoms with Crippen LogP contribution in [0.2, 0.25) is 10.0 Å². The third kappa shape index (κ3) is 4.22. The molecule has 21 heavy (non-hydrogen) atoms. The number of nitrogens with one attached hydrogen (secondary N) is 1. The quantitative estimate of drug-likeness (QED) is 0.849. The standard InChI is InChI=1S/C15H16Cl2N2O2/c1-10-9-19(7-6-18-15(10)21)14(20)5-3-11-2-4-12(16)13(17)8-11/h2-5,8,10H,6-7,9H2,1H3,(H,18,21). The summed E-state index contributed by atoms with van der Waals surface area (Å²) in [5.74, 6) is -0.335. The minimum absolute atomic E-state index is 0.0150. The predicted octanol–water partition coefficient (Wildman–Crippen LogP) is 2.60. The highest BCUT2D eigenvalue weighted by molar-refractivity contribution is 6.42. The van der Waals surface area contributed by atoms with Crippen LogP contribution in [-0.4, -0.2) is 36.3 Å². The van der Waals surface area contributed by atoms with Crippen LogP contribution in [0.1, 0.15) is 12.5 Å². The summed E-state index contributed by atoms with van der Waals surface area (Å²) in [5, 5.41) is 3.70. The van der Waals surface area contributed by atoms with Crippen LogP contribution in [0.3, 0.4) is 0 Å². The second kappa shape index (κ2) is 6.96. The van der Waals surface area contributed by atoms with Crippen molar-refractivity contribution in [3.05, 3.63) is 39.9 Å². The Labute approximate surface area is 133 Å². The van der Waals surface area contributed by atoms with E-state index in [4.69, 9.17) is 23.2 Å². The Morgan fingerprint density at radius 1 is 1.38 bits per heavy atom. The maximum atomic E-state index is 12.2. The van der Waals surface area contributed by atoms with Crippen molar-refractivity contribution in [2.45, 2.75) is 6.92 Å². The summed E-state index contributed by atoms with van der Waals surface area (Å²) < 4.78 is 0. The third-order valence-corrected chi connectivity index (χ3v) is 4.04. The van der Waals surface area contributed by atoms with Gasteiger partial charge in [0.25, 0.3) is 0 Å². The van der Waals surface area contributed by atoms with E-state index in [2.05, 4.69) is 5.32 Å². The van der Waals surface area contributed by atoms with Gasteiger partial charge in [0.2, 0.25) is 11.8 Å². The van der Waals surface area contributed by atoms with Crippen molar-refractivity contribution in [3.8, 4) is 0 Å². The van der Waals surface area contributed by atoms with E-state index in [9.17, 15) is 9.59 Å². The number of nitrogens with zero attached hydrogens (tertiary/aromatic N) is 1. The molecule has 1 fully saturated rings. The first-order valence-electron chi connectivity index (χ1n) is 6.67. The topological polar surface area (TPSA) is 49.4 Å². The van der Waals surface area contributed by atoms with E-state index < -0.39 is 0 Å². The Balaban J connectivity index is 2.04. The van der Waals surface area contributed by atoms with Crippen LogP contribution in [0.5, 0.6) is 0 Å². The molecule has 0 bridgehead atoms. The third-order valence-electron chi connectivity index (χ3n) is 3.30. The van der Waals surface area contributed by atoms with Crippen LogP contribution in [0.25, 0.3) is 6.08 Å². The average molecular weight is 327 g/mol.